The van der Waals surface area contributed by atoms with Crippen LogP contribution in [0.3, 0.4) is 0 Å². The molecule has 0 radical (unpaired) electrons. The molecule has 1 heterocycles. The smallest absolute Gasteiger partial charge is 0.164 e. The second-order valence-electron chi connectivity index (χ2n) is 6.30. The summed E-state index contributed by atoms with van der Waals surface area (Å²) < 4.78 is 16.7. The molecular weight excluding hydrogens is 387 g/mol. The second kappa shape index (κ2) is 9.02. The van der Waals surface area contributed by atoms with Crippen LogP contribution >= 0.6 is 23.2 Å². The maximum atomic E-state index is 6.60. The Morgan fingerprint density at radius 2 is 1.48 bits per heavy atom. The van der Waals surface area contributed by atoms with Crippen molar-refractivity contribution in [3.05, 3.63) is 51.5 Å². The van der Waals surface area contributed by atoms with Crippen molar-refractivity contribution in [3.8, 4) is 17.2 Å². The van der Waals surface area contributed by atoms with Crippen molar-refractivity contribution < 1.29 is 14.2 Å². The van der Waals surface area contributed by atoms with E-state index in [2.05, 4.69) is 10.2 Å². The van der Waals surface area contributed by atoms with Crippen LogP contribution in [0.5, 0.6) is 17.2 Å². The summed E-state index contributed by atoms with van der Waals surface area (Å²) in [4.78, 5) is 2.38. The first-order valence-electron chi connectivity index (χ1n) is 8.78. The first kappa shape index (κ1) is 20.1. The summed E-state index contributed by atoms with van der Waals surface area (Å²) in [6, 6.07) is 9.36. The summed E-state index contributed by atoms with van der Waals surface area (Å²) in [5, 5.41) is 4.63. The van der Waals surface area contributed by atoms with Crippen molar-refractivity contribution in [2.45, 2.75) is 6.04 Å². The van der Waals surface area contributed by atoms with E-state index in [1.807, 2.05) is 24.3 Å². The average molecular weight is 411 g/mol. The molecule has 1 unspecified atom stereocenters. The highest BCUT2D eigenvalue weighted by molar-refractivity contribution is 6.35. The van der Waals surface area contributed by atoms with Crippen molar-refractivity contribution >= 4 is 23.2 Å². The Bertz CT molecular complexity index is 795. The third-order valence-electron chi connectivity index (χ3n) is 4.80. The molecule has 0 amide bonds. The van der Waals surface area contributed by atoms with Gasteiger partial charge >= 0.3 is 0 Å². The van der Waals surface area contributed by atoms with E-state index in [4.69, 9.17) is 37.4 Å². The normalized spacial score (nSPS) is 16.0. The van der Waals surface area contributed by atoms with Crippen LogP contribution in [0.4, 0.5) is 0 Å². The Kier molecular flexibility index (Phi) is 6.71. The summed E-state index contributed by atoms with van der Waals surface area (Å²) in [6.07, 6.45) is 0. The van der Waals surface area contributed by atoms with Crippen LogP contribution in [0.1, 0.15) is 17.2 Å². The number of halogens is 2. The van der Waals surface area contributed by atoms with Crippen LogP contribution in [0.25, 0.3) is 0 Å². The van der Waals surface area contributed by atoms with Crippen LogP contribution in [0.2, 0.25) is 10.0 Å². The van der Waals surface area contributed by atoms with Crippen LogP contribution in [-0.2, 0) is 0 Å². The molecule has 0 saturated carbocycles. The Morgan fingerprint density at radius 3 is 2.07 bits per heavy atom. The number of rotatable bonds is 6. The van der Waals surface area contributed by atoms with Crippen LogP contribution in [0, 0.1) is 0 Å². The van der Waals surface area contributed by atoms with Crippen LogP contribution < -0.4 is 19.5 Å². The fraction of sp³-hybridized carbons (Fsp3) is 0.400. The van der Waals surface area contributed by atoms with Gasteiger partial charge in [0.25, 0.3) is 0 Å². The van der Waals surface area contributed by atoms with Crippen LogP contribution in [0.15, 0.2) is 30.3 Å². The molecule has 1 aliphatic heterocycles. The number of nitrogens with zero attached hydrogens (tertiary/aromatic N) is 1. The molecule has 0 bridgehead atoms. The van der Waals surface area contributed by atoms with Crippen molar-refractivity contribution in [1.82, 2.24) is 10.2 Å². The van der Waals surface area contributed by atoms with Gasteiger partial charge in [-0.3, -0.25) is 4.90 Å². The number of methoxy groups -OCH3 is 3. The lowest BCUT2D eigenvalue weighted by Gasteiger charge is -2.36. The number of ether oxygens (including phenoxy) is 3. The van der Waals surface area contributed by atoms with Crippen LogP contribution in [-0.4, -0.2) is 52.4 Å². The Labute approximate surface area is 170 Å². The molecule has 2 aromatic rings. The lowest BCUT2D eigenvalue weighted by molar-refractivity contribution is 0.195. The van der Waals surface area contributed by atoms with E-state index in [0.717, 1.165) is 43.1 Å². The zero-order valence-corrected chi connectivity index (χ0v) is 17.2. The molecule has 3 rings (SSSR count). The maximum Gasteiger partial charge on any atom is 0.164 e. The van der Waals surface area contributed by atoms with E-state index in [9.17, 15) is 0 Å². The maximum absolute atomic E-state index is 6.60. The molecule has 0 aromatic heterocycles. The summed E-state index contributed by atoms with van der Waals surface area (Å²) in [5.41, 5.74) is 1.95. The minimum absolute atomic E-state index is 0.0911. The molecule has 27 heavy (non-hydrogen) atoms. The first-order chi connectivity index (χ1) is 13.1. The van der Waals surface area contributed by atoms with Gasteiger partial charge in [-0.2, -0.15) is 0 Å². The van der Waals surface area contributed by atoms with Gasteiger partial charge in [0.05, 0.1) is 27.4 Å². The summed E-state index contributed by atoms with van der Waals surface area (Å²) in [7, 11) is 4.90. The molecule has 0 aliphatic carbocycles. The predicted octanol–water partition coefficient (Wildman–Crippen LogP) is 4.01. The lowest BCUT2D eigenvalue weighted by Crippen LogP contribution is -2.45. The summed E-state index contributed by atoms with van der Waals surface area (Å²) >= 11 is 12.7. The van der Waals surface area contributed by atoms with Gasteiger partial charge in [0, 0.05) is 47.9 Å². The monoisotopic (exact) mass is 410 g/mol. The minimum Gasteiger partial charge on any atom is -0.496 e. The largest absolute Gasteiger partial charge is 0.496 e. The van der Waals surface area contributed by atoms with Crippen molar-refractivity contribution in [2.75, 3.05) is 47.5 Å². The molecule has 146 valence electrons. The predicted molar refractivity (Wildman–Crippen MR) is 109 cm³/mol. The van der Waals surface area contributed by atoms with Crippen molar-refractivity contribution in [2.24, 2.45) is 0 Å². The van der Waals surface area contributed by atoms with Gasteiger partial charge in [0.15, 0.2) is 11.5 Å². The van der Waals surface area contributed by atoms with Gasteiger partial charge in [0.2, 0.25) is 0 Å². The average Bonchev–Trinajstić information content (AvgIpc) is 2.70. The highest BCUT2D eigenvalue weighted by Gasteiger charge is 2.29. The number of nitrogens with one attached hydrogen (secondary N) is 1. The zero-order chi connectivity index (χ0) is 19.4. The van der Waals surface area contributed by atoms with E-state index in [1.165, 1.54) is 0 Å². The quantitative estimate of drug-likeness (QED) is 0.778. The fourth-order valence-corrected chi connectivity index (χ4v) is 4.00. The fourth-order valence-electron chi connectivity index (χ4n) is 3.49. The summed E-state index contributed by atoms with van der Waals surface area (Å²) in [5.74, 6) is 2.00. The molecule has 0 spiro atoms. The molecule has 5 nitrogen and oxygen atoms in total. The number of piperazine rings is 1. The van der Waals surface area contributed by atoms with Gasteiger partial charge in [0.1, 0.15) is 5.75 Å². The minimum atomic E-state index is -0.0911. The standard InChI is InChI=1S/C20H24Cl2N2O3/c1-25-17-12-19(27-3)18(26-2)11-15(17)20(24-8-6-23-7-9-24)14-5-4-13(21)10-16(14)22/h4-5,10-12,20,23H,6-9H2,1-3H3. The van der Waals surface area contributed by atoms with Gasteiger partial charge in [-0.15, -0.1) is 0 Å². The molecular formula is C20H24Cl2N2O3. The van der Waals surface area contributed by atoms with Gasteiger partial charge in [-0.25, -0.2) is 0 Å². The van der Waals surface area contributed by atoms with E-state index >= 15 is 0 Å². The highest BCUT2D eigenvalue weighted by atomic mass is 35.5. The van der Waals surface area contributed by atoms with Gasteiger partial charge < -0.3 is 19.5 Å². The second-order valence-corrected chi connectivity index (χ2v) is 7.15. The summed E-state index contributed by atoms with van der Waals surface area (Å²) in [6.45, 7) is 3.61. The third-order valence-corrected chi connectivity index (χ3v) is 5.37. The molecule has 1 N–H and O–H groups in total. The Morgan fingerprint density at radius 1 is 0.852 bits per heavy atom. The Balaban J connectivity index is 2.18. The van der Waals surface area contributed by atoms with Crippen molar-refractivity contribution in [1.29, 1.82) is 0 Å². The topological polar surface area (TPSA) is 43.0 Å². The number of hydrogen-bond donors (Lipinski definition) is 1. The Hall–Kier alpha value is -1.66. The number of hydrogen-bond acceptors (Lipinski definition) is 5. The van der Waals surface area contributed by atoms with E-state index in [1.54, 1.807) is 27.4 Å². The molecule has 1 atom stereocenters. The van der Waals surface area contributed by atoms with Gasteiger partial charge in [-0.05, 0) is 23.8 Å². The molecule has 1 aliphatic rings. The lowest BCUT2D eigenvalue weighted by atomic mass is 9.95. The SMILES string of the molecule is COc1cc(OC)c(C(c2ccc(Cl)cc2Cl)N2CCNCC2)cc1OC. The van der Waals surface area contributed by atoms with Crippen molar-refractivity contribution in [3.63, 3.8) is 0 Å². The van der Waals surface area contributed by atoms with E-state index in [-0.39, 0.29) is 6.04 Å². The highest BCUT2D eigenvalue weighted by Crippen LogP contribution is 2.43. The zero-order valence-electron chi connectivity index (χ0n) is 15.7. The molecule has 1 fully saturated rings. The number of benzene rings is 2. The third kappa shape index (κ3) is 4.27. The first-order valence-corrected chi connectivity index (χ1v) is 9.54. The van der Waals surface area contributed by atoms with E-state index in [0.29, 0.717) is 21.5 Å². The molecule has 7 heteroatoms. The van der Waals surface area contributed by atoms with Gasteiger partial charge in [-0.1, -0.05) is 29.3 Å². The van der Waals surface area contributed by atoms with E-state index < -0.39 is 0 Å². The molecule has 2 aromatic carbocycles. The molecule has 1 saturated heterocycles.